The maximum Gasteiger partial charge on any atom is 0.231 e. The minimum absolute atomic E-state index is 0.0198. The normalized spacial score (nSPS) is 24.3. The van der Waals surface area contributed by atoms with Gasteiger partial charge in [-0.05, 0) is 5.56 Å². The Labute approximate surface area is 151 Å². The fraction of sp³-hybridized carbons (Fsp3) is 0.368. The average Bonchev–Trinajstić information content (AvgIpc) is 3.24. The highest BCUT2D eigenvalue weighted by atomic mass is 16.5. The van der Waals surface area contributed by atoms with Gasteiger partial charge in [0.2, 0.25) is 11.8 Å². The largest absolute Gasteiger partial charge is 0.375 e. The molecule has 2 fully saturated rings. The molecule has 1 aromatic carbocycles. The van der Waals surface area contributed by atoms with Crippen molar-refractivity contribution < 1.29 is 14.3 Å². The molecule has 7 heteroatoms. The zero-order valence-electron chi connectivity index (χ0n) is 14.2. The van der Waals surface area contributed by atoms with E-state index >= 15 is 0 Å². The predicted octanol–water partition coefficient (Wildman–Crippen LogP) is 1.13. The van der Waals surface area contributed by atoms with Gasteiger partial charge in [-0.2, -0.15) is 0 Å². The smallest absolute Gasteiger partial charge is 0.231 e. The number of amides is 2. The molecule has 0 unspecified atom stereocenters. The second-order valence-corrected chi connectivity index (χ2v) is 6.68. The molecule has 1 N–H and O–H groups in total. The standard InChI is InChI=1S/C19H20N4O3/c24-18(8-13-4-2-1-3-5-13)23-10-14-15(12-26-16(14)11-23)19(25)22-17-9-20-6-7-21-17/h1-7,9,14-16H,8,10-12H2,(H,21,22,25)/t14-,15+,16+/m0/s1. The molecule has 3 heterocycles. The Morgan fingerprint density at radius 3 is 2.81 bits per heavy atom. The van der Waals surface area contributed by atoms with Gasteiger partial charge in [-0.1, -0.05) is 30.3 Å². The van der Waals surface area contributed by atoms with Crippen molar-refractivity contribution in [2.24, 2.45) is 11.8 Å². The summed E-state index contributed by atoms with van der Waals surface area (Å²) in [4.78, 5) is 34.9. The highest BCUT2D eigenvalue weighted by Gasteiger charge is 2.47. The summed E-state index contributed by atoms with van der Waals surface area (Å²) in [5.74, 6) is 0.108. The molecular formula is C19H20N4O3. The molecule has 7 nitrogen and oxygen atoms in total. The van der Waals surface area contributed by atoms with Gasteiger partial charge in [0, 0.05) is 31.4 Å². The third-order valence-corrected chi connectivity index (χ3v) is 5.02. The van der Waals surface area contributed by atoms with Gasteiger partial charge in [-0.15, -0.1) is 0 Å². The van der Waals surface area contributed by atoms with Gasteiger partial charge < -0.3 is 15.0 Å². The maximum atomic E-state index is 12.6. The molecule has 2 aliphatic heterocycles. The van der Waals surface area contributed by atoms with Gasteiger partial charge in [0.25, 0.3) is 0 Å². The number of aromatic nitrogens is 2. The highest BCUT2D eigenvalue weighted by molar-refractivity contribution is 5.92. The van der Waals surface area contributed by atoms with E-state index in [9.17, 15) is 9.59 Å². The number of nitrogens with zero attached hydrogens (tertiary/aromatic N) is 3. The van der Waals surface area contributed by atoms with Gasteiger partial charge in [-0.25, -0.2) is 4.98 Å². The molecule has 0 radical (unpaired) electrons. The molecule has 2 aliphatic rings. The van der Waals surface area contributed by atoms with Crippen molar-refractivity contribution in [3.8, 4) is 0 Å². The lowest BCUT2D eigenvalue weighted by Crippen LogP contribution is -2.35. The summed E-state index contributed by atoms with van der Waals surface area (Å²) in [6.07, 6.45) is 4.89. The summed E-state index contributed by atoms with van der Waals surface area (Å²) in [6, 6.07) is 9.68. The second-order valence-electron chi connectivity index (χ2n) is 6.68. The number of nitrogens with one attached hydrogen (secondary N) is 1. The van der Waals surface area contributed by atoms with Crippen LogP contribution in [0.2, 0.25) is 0 Å². The Bertz CT molecular complexity index is 784. The van der Waals surface area contributed by atoms with Crippen molar-refractivity contribution in [2.45, 2.75) is 12.5 Å². The van der Waals surface area contributed by atoms with Gasteiger partial charge in [-0.3, -0.25) is 14.6 Å². The van der Waals surface area contributed by atoms with Crippen LogP contribution in [-0.2, 0) is 20.7 Å². The molecule has 0 aliphatic carbocycles. The lowest BCUT2D eigenvalue weighted by atomic mass is 9.92. The van der Waals surface area contributed by atoms with Crippen LogP contribution in [0.15, 0.2) is 48.9 Å². The van der Waals surface area contributed by atoms with Gasteiger partial charge >= 0.3 is 0 Å². The number of likely N-dealkylation sites (tertiary alicyclic amines) is 1. The second kappa shape index (κ2) is 7.21. The number of hydrogen-bond acceptors (Lipinski definition) is 5. The summed E-state index contributed by atoms with van der Waals surface area (Å²) in [6.45, 7) is 1.47. The molecule has 26 heavy (non-hydrogen) atoms. The molecular weight excluding hydrogens is 332 g/mol. The molecule has 2 saturated heterocycles. The molecule has 0 spiro atoms. The molecule has 0 bridgehead atoms. The van der Waals surface area contributed by atoms with E-state index in [-0.39, 0.29) is 29.8 Å². The van der Waals surface area contributed by atoms with Crippen LogP contribution in [0.3, 0.4) is 0 Å². The number of carbonyl (C=O) groups is 2. The Morgan fingerprint density at radius 2 is 2.04 bits per heavy atom. The number of hydrogen-bond donors (Lipinski definition) is 1. The number of rotatable bonds is 4. The van der Waals surface area contributed by atoms with E-state index in [0.717, 1.165) is 5.56 Å². The van der Waals surface area contributed by atoms with Gasteiger partial charge in [0.1, 0.15) is 0 Å². The van der Waals surface area contributed by atoms with E-state index in [4.69, 9.17) is 4.74 Å². The lowest BCUT2D eigenvalue weighted by Gasteiger charge is -2.19. The Kier molecular flexibility index (Phi) is 4.62. The summed E-state index contributed by atoms with van der Waals surface area (Å²) in [5, 5.41) is 2.78. The van der Waals surface area contributed by atoms with E-state index in [0.29, 0.717) is 31.9 Å². The number of anilines is 1. The third-order valence-electron chi connectivity index (χ3n) is 5.02. The molecule has 4 rings (SSSR count). The third kappa shape index (κ3) is 3.43. The number of ether oxygens (including phenoxy) is 1. The summed E-state index contributed by atoms with van der Waals surface area (Å²) < 4.78 is 5.79. The van der Waals surface area contributed by atoms with Gasteiger partial charge in [0.15, 0.2) is 5.82 Å². The minimum Gasteiger partial charge on any atom is -0.375 e. The van der Waals surface area contributed by atoms with E-state index in [1.807, 2.05) is 35.2 Å². The summed E-state index contributed by atoms with van der Waals surface area (Å²) in [7, 11) is 0. The quantitative estimate of drug-likeness (QED) is 0.892. The van der Waals surface area contributed by atoms with Crippen LogP contribution in [0.4, 0.5) is 5.82 Å². The number of fused-ring (bicyclic) bond motifs is 1. The van der Waals surface area contributed by atoms with E-state index in [1.165, 1.54) is 12.4 Å². The van der Waals surface area contributed by atoms with Crippen LogP contribution in [0.1, 0.15) is 5.56 Å². The SMILES string of the molecule is O=C(Nc1cnccn1)[C@@H]1CO[C@@H]2CN(C(=O)Cc3ccccc3)C[C@H]21. The topological polar surface area (TPSA) is 84.4 Å². The van der Waals surface area contributed by atoms with Crippen molar-refractivity contribution in [1.82, 2.24) is 14.9 Å². The van der Waals surface area contributed by atoms with E-state index in [1.54, 1.807) is 6.20 Å². The van der Waals surface area contributed by atoms with Crippen LogP contribution >= 0.6 is 0 Å². The van der Waals surface area contributed by atoms with Crippen molar-refractivity contribution in [3.05, 3.63) is 54.5 Å². The highest BCUT2D eigenvalue weighted by Crippen LogP contribution is 2.34. The maximum absolute atomic E-state index is 12.6. The molecule has 1 aromatic heterocycles. The first-order valence-corrected chi connectivity index (χ1v) is 8.71. The van der Waals surface area contributed by atoms with E-state index < -0.39 is 0 Å². The minimum atomic E-state index is -0.281. The first kappa shape index (κ1) is 16.7. The fourth-order valence-corrected chi connectivity index (χ4v) is 3.65. The Hall–Kier alpha value is -2.80. The van der Waals surface area contributed by atoms with E-state index in [2.05, 4.69) is 15.3 Å². The van der Waals surface area contributed by atoms with Crippen molar-refractivity contribution in [3.63, 3.8) is 0 Å². The van der Waals surface area contributed by atoms with Crippen LogP contribution in [-0.4, -0.2) is 52.5 Å². The first-order valence-electron chi connectivity index (χ1n) is 8.71. The molecule has 2 aromatic rings. The molecule has 134 valence electrons. The summed E-state index contributed by atoms with van der Waals surface area (Å²) >= 11 is 0. The van der Waals surface area contributed by atoms with Crippen LogP contribution < -0.4 is 5.32 Å². The van der Waals surface area contributed by atoms with Gasteiger partial charge in [0.05, 0.1) is 31.2 Å². The Morgan fingerprint density at radius 1 is 1.19 bits per heavy atom. The lowest BCUT2D eigenvalue weighted by molar-refractivity contribution is -0.131. The molecule has 2 amide bonds. The van der Waals surface area contributed by atoms with Crippen molar-refractivity contribution in [2.75, 3.05) is 25.0 Å². The number of benzene rings is 1. The molecule has 0 saturated carbocycles. The van der Waals surface area contributed by atoms with Crippen LogP contribution in [0.5, 0.6) is 0 Å². The van der Waals surface area contributed by atoms with Crippen LogP contribution in [0.25, 0.3) is 0 Å². The van der Waals surface area contributed by atoms with Crippen molar-refractivity contribution >= 4 is 17.6 Å². The van der Waals surface area contributed by atoms with Crippen molar-refractivity contribution in [1.29, 1.82) is 0 Å². The molecule has 3 atom stereocenters. The fourth-order valence-electron chi connectivity index (χ4n) is 3.65. The zero-order valence-corrected chi connectivity index (χ0v) is 14.2. The Balaban J connectivity index is 1.37. The predicted molar refractivity (Wildman–Crippen MR) is 94.1 cm³/mol. The average molecular weight is 352 g/mol. The summed E-state index contributed by atoms with van der Waals surface area (Å²) in [5.41, 5.74) is 0.993. The zero-order chi connectivity index (χ0) is 17.9. The monoisotopic (exact) mass is 352 g/mol. The first-order chi connectivity index (χ1) is 12.7. The number of carbonyl (C=O) groups excluding carboxylic acids is 2. The van der Waals surface area contributed by atoms with Crippen LogP contribution in [0, 0.1) is 11.8 Å².